The maximum atomic E-state index is 5.93. The number of para-hydroxylation sites is 1. The Morgan fingerprint density at radius 3 is 2.56 bits per heavy atom. The maximum absolute atomic E-state index is 5.93. The van der Waals surface area contributed by atoms with E-state index < -0.39 is 0 Å². The minimum absolute atomic E-state index is 0. The third-order valence-corrected chi connectivity index (χ3v) is 4.40. The lowest BCUT2D eigenvalue weighted by Gasteiger charge is -2.22. The van der Waals surface area contributed by atoms with Gasteiger partial charge in [0, 0.05) is 45.9 Å². The quantitative estimate of drug-likeness (QED) is 0.224. The van der Waals surface area contributed by atoms with E-state index in [0.717, 1.165) is 49.5 Å². The van der Waals surface area contributed by atoms with Crippen LogP contribution in [0.25, 0.3) is 0 Å². The summed E-state index contributed by atoms with van der Waals surface area (Å²) in [5.74, 6) is 2.59. The Morgan fingerprint density at radius 2 is 1.89 bits per heavy atom. The normalized spacial score (nSPS) is 14.0. The Balaban J connectivity index is 0.00000364. The molecule has 1 aliphatic rings. The summed E-state index contributed by atoms with van der Waals surface area (Å²) >= 11 is 0. The van der Waals surface area contributed by atoms with Crippen molar-refractivity contribution in [1.29, 1.82) is 0 Å². The van der Waals surface area contributed by atoms with Crippen LogP contribution in [0.3, 0.4) is 0 Å². The second-order valence-corrected chi connectivity index (χ2v) is 7.10. The molecule has 0 atom stereocenters. The van der Waals surface area contributed by atoms with Crippen molar-refractivity contribution in [3.63, 3.8) is 0 Å². The number of hydrogen-bond donors (Lipinski definition) is 1. The second-order valence-electron chi connectivity index (χ2n) is 7.10. The van der Waals surface area contributed by atoms with Gasteiger partial charge in [0.1, 0.15) is 12.4 Å². The van der Waals surface area contributed by atoms with Crippen molar-refractivity contribution in [1.82, 2.24) is 15.1 Å². The minimum Gasteiger partial charge on any atom is -0.492 e. The molecular weight excluding hydrogens is 455 g/mol. The number of rotatable bonds is 11. The Labute approximate surface area is 181 Å². The Hall–Kier alpha value is -1.06. The van der Waals surface area contributed by atoms with Gasteiger partial charge in [0.25, 0.3) is 0 Å². The molecule has 0 heterocycles. The Bertz CT molecular complexity index is 565. The molecular formula is C20H35IN4O2. The van der Waals surface area contributed by atoms with Gasteiger partial charge in [0.05, 0.1) is 6.61 Å². The monoisotopic (exact) mass is 490 g/mol. The number of nitrogens with zero attached hydrogens (tertiary/aromatic N) is 3. The van der Waals surface area contributed by atoms with Crippen molar-refractivity contribution < 1.29 is 9.47 Å². The molecule has 0 bridgehead atoms. The summed E-state index contributed by atoms with van der Waals surface area (Å²) in [4.78, 5) is 8.59. The third-order valence-electron chi connectivity index (χ3n) is 4.40. The first-order valence-electron chi connectivity index (χ1n) is 9.45. The summed E-state index contributed by atoms with van der Waals surface area (Å²) < 4.78 is 11.6. The highest BCUT2D eigenvalue weighted by atomic mass is 127. The molecule has 0 radical (unpaired) electrons. The summed E-state index contributed by atoms with van der Waals surface area (Å²) in [5, 5.41) is 3.42. The zero-order chi connectivity index (χ0) is 18.8. The minimum atomic E-state index is 0. The van der Waals surface area contributed by atoms with Crippen molar-refractivity contribution >= 4 is 29.9 Å². The van der Waals surface area contributed by atoms with E-state index in [4.69, 9.17) is 9.47 Å². The number of guanidine groups is 1. The predicted octanol–water partition coefficient (Wildman–Crippen LogP) is 2.68. The van der Waals surface area contributed by atoms with E-state index >= 15 is 0 Å². The molecule has 0 amide bonds. The molecule has 1 aliphatic carbocycles. The molecule has 1 saturated carbocycles. The van der Waals surface area contributed by atoms with Crippen molar-refractivity contribution in [2.45, 2.75) is 19.4 Å². The van der Waals surface area contributed by atoms with Crippen LogP contribution in [0.4, 0.5) is 0 Å². The fourth-order valence-corrected chi connectivity index (χ4v) is 2.53. The summed E-state index contributed by atoms with van der Waals surface area (Å²) in [7, 11) is 7.94. The number of likely N-dealkylation sites (N-methyl/N-ethyl adjacent to an activating group) is 2. The zero-order valence-electron chi connectivity index (χ0n) is 17.1. The van der Waals surface area contributed by atoms with E-state index in [0.29, 0.717) is 13.2 Å². The molecule has 6 nitrogen and oxygen atoms in total. The van der Waals surface area contributed by atoms with Crippen molar-refractivity contribution in [2.75, 3.05) is 61.1 Å². The predicted molar refractivity (Wildman–Crippen MR) is 122 cm³/mol. The second kappa shape index (κ2) is 13.2. The number of nitrogens with one attached hydrogen (secondary N) is 1. The van der Waals surface area contributed by atoms with Crippen LogP contribution in [-0.4, -0.2) is 76.9 Å². The van der Waals surface area contributed by atoms with Crippen LogP contribution >= 0.6 is 24.0 Å². The molecule has 27 heavy (non-hydrogen) atoms. The molecule has 0 saturated heterocycles. The van der Waals surface area contributed by atoms with Gasteiger partial charge in [-0.15, -0.1) is 24.0 Å². The van der Waals surface area contributed by atoms with Gasteiger partial charge in [-0.1, -0.05) is 18.2 Å². The van der Waals surface area contributed by atoms with E-state index in [2.05, 4.69) is 26.2 Å². The summed E-state index contributed by atoms with van der Waals surface area (Å²) in [6.07, 6.45) is 2.66. The van der Waals surface area contributed by atoms with Crippen LogP contribution in [0.2, 0.25) is 0 Å². The first kappa shape index (κ1) is 24.0. The van der Waals surface area contributed by atoms with Gasteiger partial charge in [0.15, 0.2) is 5.96 Å². The molecule has 0 aromatic heterocycles. The number of halogens is 1. The van der Waals surface area contributed by atoms with Gasteiger partial charge in [-0.3, -0.25) is 4.99 Å². The van der Waals surface area contributed by atoms with Crippen molar-refractivity contribution in [3.8, 4) is 5.75 Å². The van der Waals surface area contributed by atoms with E-state index in [1.54, 1.807) is 0 Å². The summed E-state index contributed by atoms with van der Waals surface area (Å²) in [5.41, 5.74) is 1.13. The summed E-state index contributed by atoms with van der Waals surface area (Å²) in [6.45, 7) is 4.71. The molecule has 1 fully saturated rings. The average Bonchev–Trinajstić information content (AvgIpc) is 3.44. The number of aliphatic imine (C=N–C) groups is 1. The Morgan fingerprint density at radius 1 is 1.15 bits per heavy atom. The van der Waals surface area contributed by atoms with Crippen molar-refractivity contribution in [2.24, 2.45) is 10.9 Å². The van der Waals surface area contributed by atoms with Crippen LogP contribution in [-0.2, 0) is 11.3 Å². The molecule has 2 rings (SSSR count). The van der Waals surface area contributed by atoms with Crippen LogP contribution in [0.5, 0.6) is 5.75 Å². The first-order valence-corrected chi connectivity index (χ1v) is 9.45. The third kappa shape index (κ3) is 9.62. The summed E-state index contributed by atoms with van der Waals surface area (Å²) in [6, 6.07) is 8.15. The number of ether oxygens (including phenoxy) is 2. The zero-order valence-corrected chi connectivity index (χ0v) is 19.4. The first-order chi connectivity index (χ1) is 12.6. The van der Waals surface area contributed by atoms with E-state index in [1.165, 1.54) is 12.8 Å². The molecule has 0 unspecified atom stereocenters. The van der Waals surface area contributed by atoms with Gasteiger partial charge < -0.3 is 24.6 Å². The molecule has 154 valence electrons. The highest BCUT2D eigenvalue weighted by Crippen LogP contribution is 2.28. The van der Waals surface area contributed by atoms with Gasteiger partial charge >= 0.3 is 0 Å². The fourth-order valence-electron chi connectivity index (χ4n) is 2.53. The average molecular weight is 490 g/mol. The van der Waals surface area contributed by atoms with Gasteiger partial charge in [0.2, 0.25) is 0 Å². The highest BCUT2D eigenvalue weighted by molar-refractivity contribution is 14.0. The highest BCUT2D eigenvalue weighted by Gasteiger charge is 2.21. The van der Waals surface area contributed by atoms with Crippen LogP contribution in [0.15, 0.2) is 29.3 Å². The van der Waals surface area contributed by atoms with Crippen LogP contribution in [0.1, 0.15) is 18.4 Å². The van der Waals surface area contributed by atoms with Gasteiger partial charge in [-0.05, 0) is 38.9 Å². The maximum Gasteiger partial charge on any atom is 0.193 e. The lowest BCUT2D eigenvalue weighted by atomic mass is 10.2. The van der Waals surface area contributed by atoms with Crippen LogP contribution in [0, 0.1) is 5.92 Å². The fraction of sp³-hybridized carbons (Fsp3) is 0.650. The van der Waals surface area contributed by atoms with Gasteiger partial charge in [-0.2, -0.15) is 0 Å². The largest absolute Gasteiger partial charge is 0.492 e. The van der Waals surface area contributed by atoms with E-state index in [1.807, 2.05) is 46.4 Å². The van der Waals surface area contributed by atoms with E-state index in [-0.39, 0.29) is 24.0 Å². The lowest BCUT2D eigenvalue weighted by Crippen LogP contribution is -2.40. The SMILES string of the molecule is CN=C(NCc1ccccc1OCCN(C)C)N(C)CCOCC1CC1.I. The topological polar surface area (TPSA) is 49.3 Å². The molecule has 1 N–H and O–H groups in total. The lowest BCUT2D eigenvalue weighted by molar-refractivity contribution is 0.115. The molecule has 1 aromatic rings. The smallest absolute Gasteiger partial charge is 0.193 e. The molecule has 1 aromatic carbocycles. The number of benzene rings is 1. The molecule has 0 aliphatic heterocycles. The molecule has 7 heteroatoms. The van der Waals surface area contributed by atoms with Gasteiger partial charge in [-0.25, -0.2) is 0 Å². The number of hydrogen-bond acceptors (Lipinski definition) is 4. The van der Waals surface area contributed by atoms with Crippen molar-refractivity contribution in [3.05, 3.63) is 29.8 Å². The van der Waals surface area contributed by atoms with E-state index in [9.17, 15) is 0 Å². The standard InChI is InChI=1S/C20H34N4O2.HI/c1-21-20(24(4)12-13-25-16-17-9-10-17)22-15-18-7-5-6-8-19(18)26-14-11-23(2)3;/h5-8,17H,9-16H2,1-4H3,(H,21,22);1H. The Kier molecular flexibility index (Phi) is 11.7. The molecule has 0 spiro atoms. The van der Waals surface area contributed by atoms with Crippen LogP contribution < -0.4 is 10.1 Å².